The summed E-state index contributed by atoms with van der Waals surface area (Å²) in [4.78, 5) is 15.5. The largest absolute Gasteiger partial charge is 0.489 e. The molecule has 3 aromatic rings. The van der Waals surface area contributed by atoms with Crippen LogP contribution in [0, 0.1) is 0 Å². The summed E-state index contributed by atoms with van der Waals surface area (Å²) in [6.45, 7) is 0.0535. The van der Waals surface area contributed by atoms with E-state index in [0.29, 0.717) is 28.8 Å². The van der Waals surface area contributed by atoms with Gasteiger partial charge in [0.2, 0.25) is 0 Å². The maximum absolute atomic E-state index is 12.6. The number of aromatic nitrogens is 3. The van der Waals surface area contributed by atoms with Gasteiger partial charge in [-0.05, 0) is 12.1 Å². The van der Waals surface area contributed by atoms with Crippen molar-refractivity contribution >= 4 is 22.8 Å². The summed E-state index contributed by atoms with van der Waals surface area (Å²) in [5.74, 6) is 0.774. The van der Waals surface area contributed by atoms with E-state index in [4.69, 9.17) is 15.6 Å². The first-order valence-corrected chi connectivity index (χ1v) is 8.30. The van der Waals surface area contributed by atoms with Crippen LogP contribution in [0.15, 0.2) is 47.3 Å². The smallest absolute Gasteiger partial charge is 0.261 e. The molecule has 0 amide bonds. The summed E-state index contributed by atoms with van der Waals surface area (Å²) in [6, 6.07) is 7.23. The molecule has 0 bridgehead atoms. The Kier molecular flexibility index (Phi) is 4.06. The lowest BCUT2D eigenvalue weighted by molar-refractivity contribution is 0.201. The fraction of sp³-hybridized carbons (Fsp3) is 0.158. The molecule has 1 aliphatic carbocycles. The molecule has 0 radical (unpaired) electrons. The Balaban J connectivity index is 1.97. The number of nitrogens with two attached hydrogens (primary N) is 1. The number of allylic oxidation sites excluding steroid dienone is 3. The molecule has 0 unspecified atom stereocenters. The van der Waals surface area contributed by atoms with Crippen molar-refractivity contribution in [3.63, 3.8) is 0 Å². The average Bonchev–Trinajstić information content (AvgIpc) is 2.83. The zero-order chi connectivity index (χ0) is 18.1. The highest BCUT2D eigenvalue weighted by Gasteiger charge is 2.20. The number of anilines is 1. The third-order valence-electron chi connectivity index (χ3n) is 4.27. The molecule has 0 atom stereocenters. The summed E-state index contributed by atoms with van der Waals surface area (Å²) in [6.07, 6.45) is 8.36. The molecule has 1 aromatic carbocycles. The van der Waals surface area contributed by atoms with Crippen LogP contribution >= 0.6 is 0 Å². The minimum Gasteiger partial charge on any atom is -0.489 e. The first kappa shape index (κ1) is 16.2. The van der Waals surface area contributed by atoms with Crippen molar-refractivity contribution in [1.29, 1.82) is 0 Å². The van der Waals surface area contributed by atoms with Crippen molar-refractivity contribution in [3.05, 3.63) is 64.1 Å². The number of rotatable bonds is 4. The van der Waals surface area contributed by atoms with Gasteiger partial charge in [0.15, 0.2) is 0 Å². The summed E-state index contributed by atoms with van der Waals surface area (Å²) in [5.41, 5.74) is 8.84. The second kappa shape index (κ2) is 6.53. The fourth-order valence-electron chi connectivity index (χ4n) is 3.10. The lowest BCUT2D eigenvalue weighted by Crippen LogP contribution is -2.12. The van der Waals surface area contributed by atoms with E-state index in [9.17, 15) is 4.79 Å². The van der Waals surface area contributed by atoms with Crippen LogP contribution in [0.3, 0.4) is 0 Å². The highest BCUT2D eigenvalue weighted by atomic mass is 16.5. The van der Waals surface area contributed by atoms with Crippen LogP contribution in [0.2, 0.25) is 0 Å². The molecule has 0 aliphatic heterocycles. The molecule has 4 N–H and O–H groups in total. The number of hydrogen-bond donors (Lipinski definition) is 3. The minimum absolute atomic E-state index is 0.101. The Labute approximate surface area is 149 Å². The molecule has 0 spiro atoms. The van der Waals surface area contributed by atoms with Gasteiger partial charge in [-0.3, -0.25) is 4.79 Å². The number of aliphatic hydroxyl groups excluding tert-OH is 1. The van der Waals surface area contributed by atoms with Gasteiger partial charge in [0.25, 0.3) is 5.56 Å². The monoisotopic (exact) mass is 350 g/mol. The number of fused-ring (bicyclic) bond motifs is 3. The minimum atomic E-state index is -0.264. The Morgan fingerprint density at radius 3 is 3.00 bits per heavy atom. The summed E-state index contributed by atoms with van der Waals surface area (Å²) < 4.78 is 7.09. The van der Waals surface area contributed by atoms with E-state index in [1.54, 1.807) is 12.1 Å². The second-order valence-corrected chi connectivity index (χ2v) is 5.90. The number of nitrogens with one attached hydrogen (secondary N) is 1. The molecule has 2 aromatic heterocycles. The lowest BCUT2D eigenvalue weighted by Gasteiger charge is -2.11. The van der Waals surface area contributed by atoms with Crippen LogP contribution in [-0.4, -0.2) is 33.1 Å². The van der Waals surface area contributed by atoms with Crippen molar-refractivity contribution in [1.82, 2.24) is 14.8 Å². The number of pyridine rings is 1. The van der Waals surface area contributed by atoms with Crippen molar-refractivity contribution < 1.29 is 9.84 Å². The molecule has 26 heavy (non-hydrogen) atoms. The number of para-hydroxylation sites is 2. The third kappa shape index (κ3) is 2.58. The lowest BCUT2D eigenvalue weighted by atomic mass is 10.1. The van der Waals surface area contributed by atoms with Crippen LogP contribution in [-0.2, 0) is 6.42 Å². The van der Waals surface area contributed by atoms with Gasteiger partial charge < -0.3 is 20.6 Å². The standard InChI is InChI=1S/C19H18N4O3/c20-18-16-17(12-6-2-1-3-7-13(12)21-19(16)25)22-23(18)14-8-4-5-9-15(14)26-11-10-24/h1-6,8-9,24H,7,10-11,20H2,(H,21,25). The van der Waals surface area contributed by atoms with Crippen LogP contribution in [0.25, 0.3) is 22.7 Å². The third-order valence-corrected chi connectivity index (χ3v) is 4.27. The average molecular weight is 350 g/mol. The normalized spacial score (nSPS) is 13.0. The molecule has 7 nitrogen and oxygen atoms in total. The van der Waals surface area contributed by atoms with Gasteiger partial charge in [-0.2, -0.15) is 5.10 Å². The van der Waals surface area contributed by atoms with Gasteiger partial charge in [-0.25, -0.2) is 4.68 Å². The van der Waals surface area contributed by atoms with E-state index in [2.05, 4.69) is 10.1 Å². The van der Waals surface area contributed by atoms with Crippen molar-refractivity contribution in [3.8, 4) is 11.4 Å². The number of aliphatic hydroxyl groups is 1. The van der Waals surface area contributed by atoms with Crippen LogP contribution in [0.1, 0.15) is 11.3 Å². The first-order valence-electron chi connectivity index (χ1n) is 8.30. The van der Waals surface area contributed by atoms with E-state index < -0.39 is 0 Å². The van der Waals surface area contributed by atoms with E-state index in [1.807, 2.05) is 36.4 Å². The zero-order valence-corrected chi connectivity index (χ0v) is 14.0. The van der Waals surface area contributed by atoms with Gasteiger partial charge >= 0.3 is 0 Å². The molecule has 0 saturated heterocycles. The van der Waals surface area contributed by atoms with E-state index in [1.165, 1.54) is 4.68 Å². The summed E-state index contributed by atoms with van der Waals surface area (Å²) in [7, 11) is 0. The van der Waals surface area contributed by atoms with Gasteiger partial charge in [0, 0.05) is 17.7 Å². The zero-order valence-electron chi connectivity index (χ0n) is 14.0. The highest BCUT2D eigenvalue weighted by Crippen LogP contribution is 2.30. The highest BCUT2D eigenvalue weighted by molar-refractivity contribution is 5.95. The Morgan fingerprint density at radius 2 is 2.15 bits per heavy atom. The van der Waals surface area contributed by atoms with E-state index in [-0.39, 0.29) is 24.6 Å². The molecule has 2 heterocycles. The number of nitrogens with zero attached hydrogens (tertiary/aromatic N) is 2. The molecule has 4 rings (SSSR count). The number of nitrogen functional groups attached to an aromatic ring is 1. The Hall–Kier alpha value is -3.32. The first-order chi connectivity index (χ1) is 12.7. The van der Waals surface area contributed by atoms with Crippen LogP contribution < -0.4 is 16.0 Å². The maximum atomic E-state index is 12.6. The van der Waals surface area contributed by atoms with E-state index >= 15 is 0 Å². The van der Waals surface area contributed by atoms with Gasteiger partial charge in [-0.1, -0.05) is 36.4 Å². The molecule has 7 heteroatoms. The predicted octanol–water partition coefficient (Wildman–Crippen LogP) is 1.79. The van der Waals surface area contributed by atoms with Gasteiger partial charge in [0.05, 0.1) is 6.61 Å². The van der Waals surface area contributed by atoms with Gasteiger partial charge in [0.1, 0.15) is 34.8 Å². The van der Waals surface area contributed by atoms with Crippen molar-refractivity contribution in [2.24, 2.45) is 0 Å². The van der Waals surface area contributed by atoms with Crippen LogP contribution in [0.5, 0.6) is 5.75 Å². The van der Waals surface area contributed by atoms with Crippen molar-refractivity contribution in [2.45, 2.75) is 6.42 Å². The maximum Gasteiger partial charge on any atom is 0.261 e. The number of hydrogen-bond acceptors (Lipinski definition) is 5. The Morgan fingerprint density at radius 1 is 1.31 bits per heavy atom. The fourth-order valence-corrected chi connectivity index (χ4v) is 3.10. The predicted molar refractivity (Wildman–Crippen MR) is 101 cm³/mol. The molecule has 0 fully saturated rings. The number of ether oxygens (including phenoxy) is 1. The van der Waals surface area contributed by atoms with Crippen LogP contribution in [0.4, 0.5) is 5.82 Å². The van der Waals surface area contributed by atoms with Crippen molar-refractivity contribution in [2.75, 3.05) is 18.9 Å². The molecular weight excluding hydrogens is 332 g/mol. The number of H-pyrrole nitrogens is 1. The SMILES string of the molecule is Nc1c2c(=O)[nH]c3c(c2nn1-c1ccccc1OCCO)C=CC=CC3. The summed E-state index contributed by atoms with van der Waals surface area (Å²) >= 11 is 0. The topological polar surface area (TPSA) is 106 Å². The quantitative estimate of drug-likeness (QED) is 0.665. The number of aromatic amines is 1. The molecular formula is C19H18N4O3. The summed E-state index contributed by atoms with van der Waals surface area (Å²) in [5, 5.41) is 14.0. The van der Waals surface area contributed by atoms with Gasteiger partial charge in [-0.15, -0.1) is 0 Å². The molecule has 132 valence electrons. The second-order valence-electron chi connectivity index (χ2n) is 5.90. The Bertz CT molecular complexity index is 1090. The van der Waals surface area contributed by atoms with E-state index in [0.717, 1.165) is 11.3 Å². The molecule has 1 aliphatic rings. The number of benzene rings is 1. The molecule has 0 saturated carbocycles.